The molecule has 1 unspecified atom stereocenters. The van der Waals surface area contributed by atoms with E-state index >= 15 is 0 Å². The summed E-state index contributed by atoms with van der Waals surface area (Å²) in [5.41, 5.74) is 3.93. The maximum Gasteiger partial charge on any atom is 0.329 e. The Labute approximate surface area is 136 Å². The molecule has 0 aliphatic carbocycles. The van der Waals surface area contributed by atoms with Crippen molar-refractivity contribution < 1.29 is 9.53 Å². The van der Waals surface area contributed by atoms with Crippen LogP contribution >= 0.6 is 0 Å². The van der Waals surface area contributed by atoms with Gasteiger partial charge in [-0.15, -0.1) is 0 Å². The largest absolute Gasteiger partial charge is 0.464 e. The van der Waals surface area contributed by atoms with Crippen LogP contribution in [0.15, 0.2) is 55.2 Å². The van der Waals surface area contributed by atoms with Gasteiger partial charge in [-0.05, 0) is 30.2 Å². The van der Waals surface area contributed by atoms with Gasteiger partial charge in [0, 0.05) is 19.2 Å². The van der Waals surface area contributed by atoms with E-state index in [2.05, 4.69) is 23.7 Å². The van der Waals surface area contributed by atoms with Gasteiger partial charge in [0.1, 0.15) is 6.04 Å². The van der Waals surface area contributed by atoms with Crippen LogP contribution in [0.4, 0.5) is 0 Å². The molecule has 4 heteroatoms. The van der Waals surface area contributed by atoms with Crippen LogP contribution in [-0.4, -0.2) is 28.5 Å². The molecule has 0 spiro atoms. The summed E-state index contributed by atoms with van der Waals surface area (Å²) in [6.07, 6.45) is 2.36. The van der Waals surface area contributed by atoms with Crippen LogP contribution in [0.25, 0.3) is 5.70 Å². The average Bonchev–Trinajstić information content (AvgIpc) is 2.61. The van der Waals surface area contributed by atoms with Crippen molar-refractivity contribution in [3.8, 4) is 0 Å². The number of benzene rings is 1. The number of ether oxygens (including phenoxy) is 1. The van der Waals surface area contributed by atoms with Crippen LogP contribution in [0, 0.1) is 0 Å². The topological polar surface area (TPSA) is 42.4 Å². The van der Waals surface area contributed by atoms with E-state index in [4.69, 9.17) is 4.74 Å². The normalized spacial score (nSPS) is 16.6. The quantitative estimate of drug-likeness (QED) is 0.814. The first-order valence-electron chi connectivity index (χ1n) is 7.81. The minimum Gasteiger partial charge on any atom is -0.464 e. The van der Waals surface area contributed by atoms with E-state index < -0.39 is 0 Å². The SMILES string of the molecule is C=C(c1ccccn1)N1Cc2ccccc2CC1C(=O)OCC. The van der Waals surface area contributed by atoms with Gasteiger partial charge in [0.2, 0.25) is 0 Å². The summed E-state index contributed by atoms with van der Waals surface area (Å²) in [7, 11) is 0. The van der Waals surface area contributed by atoms with E-state index in [1.807, 2.05) is 42.2 Å². The second-order valence-electron chi connectivity index (χ2n) is 5.53. The van der Waals surface area contributed by atoms with Crippen molar-refractivity contribution in [2.45, 2.75) is 25.9 Å². The molecule has 118 valence electrons. The Morgan fingerprint density at radius 2 is 2.00 bits per heavy atom. The monoisotopic (exact) mass is 308 g/mol. The lowest BCUT2D eigenvalue weighted by Crippen LogP contribution is -2.45. The molecule has 0 bridgehead atoms. The highest BCUT2D eigenvalue weighted by molar-refractivity contribution is 5.79. The molecule has 1 aromatic heterocycles. The maximum absolute atomic E-state index is 12.4. The van der Waals surface area contributed by atoms with Crippen molar-refractivity contribution >= 4 is 11.7 Å². The molecule has 0 saturated heterocycles. The molecule has 3 rings (SSSR count). The van der Waals surface area contributed by atoms with Gasteiger partial charge < -0.3 is 9.64 Å². The Kier molecular flexibility index (Phi) is 4.42. The molecular formula is C19H20N2O2. The number of esters is 1. The standard InChI is InChI=1S/C19H20N2O2/c1-3-23-19(22)18-12-15-8-4-5-9-16(15)13-21(18)14(2)17-10-6-7-11-20-17/h4-11,18H,2-3,12-13H2,1H3. The zero-order valence-electron chi connectivity index (χ0n) is 13.2. The number of rotatable bonds is 4. The van der Waals surface area contributed by atoms with Crippen LogP contribution in [-0.2, 0) is 22.5 Å². The smallest absolute Gasteiger partial charge is 0.329 e. The summed E-state index contributed by atoms with van der Waals surface area (Å²) in [5.74, 6) is -0.209. The summed E-state index contributed by atoms with van der Waals surface area (Å²) in [5, 5.41) is 0. The fraction of sp³-hybridized carbons (Fsp3) is 0.263. The molecule has 2 heterocycles. The predicted molar refractivity (Wildman–Crippen MR) is 89.4 cm³/mol. The third-order valence-electron chi connectivity index (χ3n) is 4.11. The van der Waals surface area contributed by atoms with E-state index in [9.17, 15) is 4.79 Å². The number of hydrogen-bond donors (Lipinski definition) is 0. The van der Waals surface area contributed by atoms with Crippen LogP contribution in [0.5, 0.6) is 0 Å². The summed E-state index contributed by atoms with van der Waals surface area (Å²) < 4.78 is 5.27. The molecular weight excluding hydrogens is 288 g/mol. The first-order chi connectivity index (χ1) is 11.2. The predicted octanol–water partition coefficient (Wildman–Crippen LogP) is 3.04. The van der Waals surface area contributed by atoms with E-state index in [0.717, 1.165) is 11.4 Å². The minimum absolute atomic E-state index is 0.209. The average molecular weight is 308 g/mol. The number of nitrogens with zero attached hydrogens (tertiary/aromatic N) is 2. The molecule has 0 fully saturated rings. The van der Waals surface area contributed by atoms with Gasteiger partial charge in [-0.3, -0.25) is 4.98 Å². The van der Waals surface area contributed by atoms with Gasteiger partial charge in [0.05, 0.1) is 18.0 Å². The summed E-state index contributed by atoms with van der Waals surface area (Å²) in [4.78, 5) is 18.8. The third kappa shape index (κ3) is 3.11. The first kappa shape index (κ1) is 15.3. The zero-order valence-corrected chi connectivity index (χ0v) is 13.2. The summed E-state index contributed by atoms with van der Waals surface area (Å²) in [6.45, 7) is 7.01. The number of carbonyl (C=O) groups excluding carboxylic acids is 1. The molecule has 0 N–H and O–H groups in total. The van der Waals surface area contributed by atoms with Gasteiger partial charge >= 0.3 is 5.97 Å². The van der Waals surface area contributed by atoms with E-state index in [0.29, 0.717) is 19.6 Å². The second-order valence-corrected chi connectivity index (χ2v) is 5.53. The Bertz CT molecular complexity index is 712. The molecule has 0 radical (unpaired) electrons. The fourth-order valence-corrected chi connectivity index (χ4v) is 2.94. The van der Waals surface area contributed by atoms with Crippen LogP contribution in [0.1, 0.15) is 23.7 Å². The zero-order chi connectivity index (χ0) is 16.2. The van der Waals surface area contributed by atoms with Crippen molar-refractivity contribution in [1.29, 1.82) is 0 Å². The van der Waals surface area contributed by atoms with E-state index in [1.165, 1.54) is 11.1 Å². The highest BCUT2D eigenvalue weighted by Crippen LogP contribution is 2.30. The fourth-order valence-electron chi connectivity index (χ4n) is 2.94. The Morgan fingerprint density at radius 3 is 2.70 bits per heavy atom. The highest BCUT2D eigenvalue weighted by Gasteiger charge is 2.33. The lowest BCUT2D eigenvalue weighted by molar-refractivity contribution is -0.148. The number of carbonyl (C=O) groups is 1. The van der Waals surface area contributed by atoms with Crippen molar-refractivity contribution in [2.24, 2.45) is 0 Å². The molecule has 4 nitrogen and oxygen atoms in total. The molecule has 23 heavy (non-hydrogen) atoms. The summed E-state index contributed by atoms with van der Waals surface area (Å²) in [6, 6.07) is 13.5. The number of hydrogen-bond acceptors (Lipinski definition) is 4. The van der Waals surface area contributed by atoms with Crippen LogP contribution in [0.2, 0.25) is 0 Å². The highest BCUT2D eigenvalue weighted by atomic mass is 16.5. The third-order valence-corrected chi connectivity index (χ3v) is 4.11. The summed E-state index contributed by atoms with van der Waals surface area (Å²) >= 11 is 0. The van der Waals surface area contributed by atoms with Crippen molar-refractivity contribution in [3.63, 3.8) is 0 Å². The van der Waals surface area contributed by atoms with Crippen LogP contribution < -0.4 is 0 Å². The van der Waals surface area contributed by atoms with Gasteiger partial charge in [0.25, 0.3) is 0 Å². The minimum atomic E-state index is -0.362. The van der Waals surface area contributed by atoms with Gasteiger partial charge in [-0.1, -0.05) is 36.9 Å². The molecule has 1 atom stereocenters. The van der Waals surface area contributed by atoms with E-state index in [1.54, 1.807) is 6.20 Å². The number of pyridine rings is 1. The molecule has 0 amide bonds. The number of fused-ring (bicyclic) bond motifs is 1. The van der Waals surface area contributed by atoms with Crippen molar-refractivity contribution in [3.05, 3.63) is 72.1 Å². The van der Waals surface area contributed by atoms with Gasteiger partial charge in [-0.2, -0.15) is 0 Å². The Morgan fingerprint density at radius 1 is 1.26 bits per heavy atom. The Balaban J connectivity index is 1.94. The Hall–Kier alpha value is -2.62. The van der Waals surface area contributed by atoms with Gasteiger partial charge in [0.15, 0.2) is 0 Å². The van der Waals surface area contributed by atoms with Crippen molar-refractivity contribution in [2.75, 3.05) is 6.61 Å². The van der Waals surface area contributed by atoms with Crippen molar-refractivity contribution in [1.82, 2.24) is 9.88 Å². The lowest BCUT2D eigenvalue weighted by atomic mass is 9.93. The molecule has 0 saturated carbocycles. The molecule has 1 aromatic carbocycles. The molecule has 2 aromatic rings. The van der Waals surface area contributed by atoms with Crippen LogP contribution in [0.3, 0.4) is 0 Å². The number of aromatic nitrogens is 1. The maximum atomic E-state index is 12.4. The lowest BCUT2D eigenvalue weighted by Gasteiger charge is -2.37. The first-order valence-corrected chi connectivity index (χ1v) is 7.81. The van der Waals surface area contributed by atoms with Gasteiger partial charge in [-0.25, -0.2) is 4.79 Å². The second kappa shape index (κ2) is 6.65. The van der Waals surface area contributed by atoms with E-state index in [-0.39, 0.29) is 12.0 Å². The molecule has 1 aliphatic heterocycles. The molecule has 1 aliphatic rings.